The van der Waals surface area contributed by atoms with Crippen molar-refractivity contribution < 1.29 is 27.4 Å². The molecule has 0 aliphatic carbocycles. The quantitative estimate of drug-likeness (QED) is 0.317. The number of hydrazone groups is 1. The van der Waals surface area contributed by atoms with Crippen LogP contribution in [0.4, 0.5) is 5.69 Å². The number of nitrogens with zero attached hydrogens (tertiary/aromatic N) is 2. The first-order valence-electron chi connectivity index (χ1n) is 11.4. The first-order chi connectivity index (χ1) is 17.6. The van der Waals surface area contributed by atoms with E-state index < -0.39 is 22.5 Å². The minimum Gasteiger partial charge on any atom is -0.493 e. The van der Waals surface area contributed by atoms with Gasteiger partial charge in [-0.15, -0.1) is 0 Å². The van der Waals surface area contributed by atoms with Gasteiger partial charge in [-0.25, -0.2) is 13.8 Å². The molecule has 9 nitrogen and oxygen atoms in total. The number of hydrogen-bond acceptors (Lipinski definition) is 7. The number of sulfonamides is 1. The lowest BCUT2D eigenvalue weighted by molar-refractivity contribution is -0.119. The van der Waals surface area contributed by atoms with Crippen molar-refractivity contribution in [1.29, 1.82) is 0 Å². The molecule has 0 saturated carbocycles. The third-order valence-electron chi connectivity index (χ3n) is 5.83. The minimum absolute atomic E-state index is 0.0905. The average Bonchev–Trinajstić information content (AvgIpc) is 2.88. The minimum atomic E-state index is -4.03. The zero-order valence-electron chi connectivity index (χ0n) is 21.7. The first kappa shape index (κ1) is 27.5. The van der Waals surface area contributed by atoms with E-state index >= 15 is 0 Å². The maximum Gasteiger partial charge on any atom is 0.264 e. The van der Waals surface area contributed by atoms with Crippen LogP contribution in [0, 0.1) is 20.8 Å². The molecular formula is C27H31N3O6S. The normalized spacial score (nSPS) is 11.3. The highest BCUT2D eigenvalue weighted by Gasteiger charge is 2.28. The Balaban J connectivity index is 1.89. The lowest BCUT2D eigenvalue weighted by Crippen LogP contribution is -2.40. The molecule has 1 amide bonds. The van der Waals surface area contributed by atoms with Gasteiger partial charge in [0.05, 0.1) is 38.1 Å². The summed E-state index contributed by atoms with van der Waals surface area (Å²) in [6.45, 7) is 5.12. The molecule has 3 aromatic rings. The van der Waals surface area contributed by atoms with Crippen LogP contribution in [0.25, 0.3) is 0 Å². The predicted molar refractivity (Wildman–Crippen MR) is 143 cm³/mol. The second kappa shape index (κ2) is 11.8. The molecule has 0 atom stereocenters. The molecular weight excluding hydrogens is 494 g/mol. The molecule has 196 valence electrons. The van der Waals surface area contributed by atoms with Crippen molar-refractivity contribution in [3.05, 3.63) is 76.9 Å². The lowest BCUT2D eigenvalue weighted by atomic mass is 10.1. The Labute approximate surface area is 217 Å². The molecule has 0 aromatic heterocycles. The van der Waals surface area contributed by atoms with Gasteiger partial charge in [0.25, 0.3) is 15.9 Å². The second-order valence-corrected chi connectivity index (χ2v) is 10.2. The number of carbonyl (C=O) groups excluding carboxylic acids is 1. The molecule has 3 rings (SSSR count). The maximum atomic E-state index is 13.6. The van der Waals surface area contributed by atoms with Crippen molar-refractivity contribution in [2.24, 2.45) is 5.10 Å². The summed E-state index contributed by atoms with van der Waals surface area (Å²) in [4.78, 5) is 13.0. The molecule has 0 saturated heterocycles. The van der Waals surface area contributed by atoms with E-state index in [4.69, 9.17) is 14.2 Å². The SMILES string of the molecule is COc1cc(/C=N\NC(=O)CN(c2cccc(C)c2C)S(=O)(=O)c2ccc(C)cc2)cc(OC)c1OC. The van der Waals surface area contributed by atoms with Gasteiger partial charge in [-0.3, -0.25) is 9.10 Å². The van der Waals surface area contributed by atoms with Gasteiger partial charge in [-0.1, -0.05) is 29.8 Å². The van der Waals surface area contributed by atoms with Crippen molar-refractivity contribution in [2.75, 3.05) is 32.2 Å². The van der Waals surface area contributed by atoms with Gasteiger partial charge in [0.15, 0.2) is 11.5 Å². The summed E-state index contributed by atoms with van der Waals surface area (Å²) in [5.74, 6) is 0.678. The Morgan fingerprint density at radius 2 is 1.57 bits per heavy atom. The van der Waals surface area contributed by atoms with Gasteiger partial charge in [-0.2, -0.15) is 5.10 Å². The Morgan fingerprint density at radius 3 is 2.14 bits per heavy atom. The second-order valence-electron chi connectivity index (χ2n) is 8.30. The maximum absolute atomic E-state index is 13.6. The van der Waals surface area contributed by atoms with Crippen LogP contribution in [0.2, 0.25) is 0 Å². The number of benzene rings is 3. The number of methoxy groups -OCH3 is 3. The Bertz CT molecular complexity index is 1380. The summed E-state index contributed by atoms with van der Waals surface area (Å²) in [5.41, 5.74) is 6.00. The van der Waals surface area contributed by atoms with Crippen LogP contribution in [0.1, 0.15) is 22.3 Å². The molecule has 0 spiro atoms. The monoisotopic (exact) mass is 525 g/mol. The summed E-state index contributed by atoms with van der Waals surface area (Å²) in [6.07, 6.45) is 1.40. The number of amides is 1. The molecule has 37 heavy (non-hydrogen) atoms. The van der Waals surface area contributed by atoms with E-state index in [1.165, 1.54) is 39.7 Å². The van der Waals surface area contributed by atoms with E-state index in [0.717, 1.165) is 21.0 Å². The van der Waals surface area contributed by atoms with Crippen LogP contribution in [-0.4, -0.2) is 48.4 Å². The van der Waals surface area contributed by atoms with Crippen molar-refractivity contribution in [1.82, 2.24) is 5.43 Å². The highest BCUT2D eigenvalue weighted by Crippen LogP contribution is 2.37. The molecule has 0 bridgehead atoms. The highest BCUT2D eigenvalue weighted by atomic mass is 32.2. The van der Waals surface area contributed by atoms with Crippen LogP contribution in [0.15, 0.2) is 64.6 Å². The van der Waals surface area contributed by atoms with Gasteiger partial charge >= 0.3 is 0 Å². The largest absolute Gasteiger partial charge is 0.493 e. The Kier molecular flexibility index (Phi) is 8.77. The molecule has 0 fully saturated rings. The third kappa shape index (κ3) is 6.21. The first-order valence-corrected chi connectivity index (χ1v) is 12.8. The molecule has 0 radical (unpaired) electrons. The Morgan fingerprint density at radius 1 is 0.946 bits per heavy atom. The van der Waals surface area contributed by atoms with Gasteiger partial charge in [0.2, 0.25) is 5.75 Å². The van der Waals surface area contributed by atoms with Crippen LogP contribution in [-0.2, 0) is 14.8 Å². The number of anilines is 1. The zero-order chi connectivity index (χ0) is 27.2. The fourth-order valence-electron chi connectivity index (χ4n) is 3.66. The van der Waals surface area contributed by atoms with Gasteiger partial charge in [-0.05, 0) is 62.2 Å². The number of hydrogen-bond donors (Lipinski definition) is 1. The summed E-state index contributed by atoms with van der Waals surface area (Å²) in [5, 5.41) is 4.00. The molecule has 3 aromatic carbocycles. The number of ether oxygens (including phenoxy) is 3. The van der Waals surface area contributed by atoms with E-state index in [-0.39, 0.29) is 4.90 Å². The fraction of sp³-hybridized carbons (Fsp3) is 0.259. The van der Waals surface area contributed by atoms with E-state index in [9.17, 15) is 13.2 Å². The molecule has 0 aliphatic heterocycles. The van der Waals surface area contributed by atoms with Crippen LogP contribution in [0.5, 0.6) is 17.2 Å². The molecule has 0 aliphatic rings. The van der Waals surface area contributed by atoms with Crippen molar-refractivity contribution in [3.63, 3.8) is 0 Å². The van der Waals surface area contributed by atoms with Gasteiger partial charge < -0.3 is 14.2 Å². The molecule has 1 N–H and O–H groups in total. The lowest BCUT2D eigenvalue weighted by Gasteiger charge is -2.26. The summed E-state index contributed by atoms with van der Waals surface area (Å²) >= 11 is 0. The van der Waals surface area contributed by atoms with Crippen LogP contribution >= 0.6 is 0 Å². The van der Waals surface area contributed by atoms with Crippen LogP contribution < -0.4 is 23.9 Å². The Hall–Kier alpha value is -4.05. The fourth-order valence-corrected chi connectivity index (χ4v) is 5.14. The van der Waals surface area contributed by atoms with E-state index in [0.29, 0.717) is 28.5 Å². The van der Waals surface area contributed by atoms with Gasteiger partial charge in [0.1, 0.15) is 6.54 Å². The number of aryl methyl sites for hydroxylation is 2. The van der Waals surface area contributed by atoms with Crippen molar-refractivity contribution in [2.45, 2.75) is 25.7 Å². The third-order valence-corrected chi connectivity index (χ3v) is 7.60. The summed E-state index contributed by atoms with van der Waals surface area (Å²) < 4.78 is 44.3. The summed E-state index contributed by atoms with van der Waals surface area (Å²) in [7, 11) is 0.459. The van der Waals surface area contributed by atoms with E-state index in [1.807, 2.05) is 26.8 Å². The zero-order valence-corrected chi connectivity index (χ0v) is 22.5. The van der Waals surface area contributed by atoms with Crippen LogP contribution in [0.3, 0.4) is 0 Å². The van der Waals surface area contributed by atoms with Crippen molar-refractivity contribution >= 4 is 27.8 Å². The predicted octanol–water partition coefficient (Wildman–Crippen LogP) is 3.98. The van der Waals surface area contributed by atoms with E-state index in [2.05, 4.69) is 10.5 Å². The topological polar surface area (TPSA) is 107 Å². The number of rotatable bonds is 10. The highest BCUT2D eigenvalue weighted by molar-refractivity contribution is 7.92. The molecule has 10 heteroatoms. The smallest absolute Gasteiger partial charge is 0.264 e. The van der Waals surface area contributed by atoms with Crippen molar-refractivity contribution in [3.8, 4) is 17.2 Å². The number of carbonyl (C=O) groups is 1. The van der Waals surface area contributed by atoms with E-state index in [1.54, 1.807) is 36.4 Å². The number of nitrogens with one attached hydrogen (secondary N) is 1. The molecule has 0 heterocycles. The van der Waals surface area contributed by atoms with Gasteiger partial charge in [0, 0.05) is 5.56 Å². The summed E-state index contributed by atoms with van der Waals surface area (Å²) in [6, 6.07) is 15.2. The average molecular weight is 526 g/mol. The standard InChI is InChI=1S/C27H31N3O6S/c1-18-10-12-22(13-11-18)37(32,33)30(23-9-7-8-19(2)20(23)3)17-26(31)29-28-16-21-14-24(34-4)27(36-6)25(15-21)35-5/h7-16H,17H2,1-6H3,(H,29,31)/b28-16-. The molecule has 0 unspecified atom stereocenters.